The van der Waals surface area contributed by atoms with Crippen molar-refractivity contribution >= 4 is 12.0 Å². The Morgan fingerprint density at radius 3 is 2.37 bits per heavy atom. The molecule has 1 rings (SSSR count). The van der Waals surface area contributed by atoms with Gasteiger partial charge in [0.25, 0.3) is 5.91 Å². The zero-order valence-electron chi connectivity index (χ0n) is 11.8. The first-order valence-corrected chi connectivity index (χ1v) is 6.48. The van der Waals surface area contributed by atoms with Crippen molar-refractivity contribution < 1.29 is 14.3 Å². The lowest BCUT2D eigenvalue weighted by atomic mass is 9.96. The summed E-state index contributed by atoms with van der Waals surface area (Å²) in [4.78, 5) is 24.5. The van der Waals surface area contributed by atoms with Gasteiger partial charge in [-0.25, -0.2) is 10.6 Å². The Kier molecular flexibility index (Phi) is 5.35. The van der Waals surface area contributed by atoms with Gasteiger partial charge in [-0.15, -0.1) is 0 Å². The number of allylic oxidation sites excluding steroid dienone is 1. The lowest BCUT2D eigenvalue weighted by molar-refractivity contribution is -0.116. The molecule has 1 heterocycles. The van der Waals surface area contributed by atoms with E-state index in [0.29, 0.717) is 19.0 Å². The molecule has 19 heavy (non-hydrogen) atoms. The van der Waals surface area contributed by atoms with Gasteiger partial charge in [-0.05, 0) is 39.5 Å². The summed E-state index contributed by atoms with van der Waals surface area (Å²) in [5, 5.41) is 0. The molecule has 0 unspecified atom stereocenters. The van der Waals surface area contributed by atoms with E-state index in [-0.39, 0.29) is 12.0 Å². The Bertz CT molecular complexity index is 353. The second-order valence-corrected chi connectivity index (χ2v) is 5.67. The van der Waals surface area contributed by atoms with Crippen LogP contribution in [-0.4, -0.2) is 35.6 Å². The summed E-state index contributed by atoms with van der Waals surface area (Å²) in [6, 6.07) is 0. The third-order valence-electron chi connectivity index (χ3n) is 2.85. The molecular formula is C13H23N3O3. The largest absolute Gasteiger partial charge is 0.444 e. The van der Waals surface area contributed by atoms with Crippen LogP contribution in [0.1, 0.15) is 33.6 Å². The van der Waals surface area contributed by atoms with Gasteiger partial charge < -0.3 is 9.64 Å². The highest BCUT2D eigenvalue weighted by atomic mass is 16.6. The third-order valence-corrected chi connectivity index (χ3v) is 2.85. The second-order valence-electron chi connectivity index (χ2n) is 5.67. The van der Waals surface area contributed by atoms with Crippen molar-refractivity contribution in [3.05, 3.63) is 12.2 Å². The Labute approximate surface area is 113 Å². The molecule has 6 nitrogen and oxygen atoms in total. The number of nitrogens with zero attached hydrogens (tertiary/aromatic N) is 1. The maximum Gasteiger partial charge on any atom is 0.410 e. The van der Waals surface area contributed by atoms with Crippen LogP contribution in [0.3, 0.4) is 0 Å². The predicted molar refractivity (Wildman–Crippen MR) is 72.0 cm³/mol. The Balaban J connectivity index is 2.38. The van der Waals surface area contributed by atoms with Crippen molar-refractivity contribution in [2.24, 2.45) is 11.8 Å². The van der Waals surface area contributed by atoms with Gasteiger partial charge in [-0.1, -0.05) is 6.08 Å². The minimum absolute atomic E-state index is 0.269. The summed E-state index contributed by atoms with van der Waals surface area (Å²) in [5.41, 5.74) is 1.58. The molecule has 3 N–H and O–H groups in total. The molecule has 6 heteroatoms. The molecule has 0 spiro atoms. The van der Waals surface area contributed by atoms with E-state index in [1.165, 1.54) is 6.08 Å². The molecule has 0 radical (unpaired) electrons. The highest BCUT2D eigenvalue weighted by molar-refractivity contribution is 5.86. The molecule has 108 valence electrons. The average molecular weight is 269 g/mol. The summed E-state index contributed by atoms with van der Waals surface area (Å²) in [6.45, 7) is 6.85. The second kappa shape index (κ2) is 6.56. The Hall–Kier alpha value is -1.56. The molecule has 1 saturated heterocycles. The third kappa shape index (κ3) is 5.74. The van der Waals surface area contributed by atoms with E-state index in [2.05, 4.69) is 0 Å². The molecule has 0 aromatic rings. The number of nitrogens with two attached hydrogens (primary N) is 1. The molecule has 2 amide bonds. The number of hydrogen-bond donors (Lipinski definition) is 2. The van der Waals surface area contributed by atoms with Crippen LogP contribution >= 0.6 is 0 Å². The number of amides is 2. The SMILES string of the molecule is CC(C)(C)OC(=O)N1CCC(/C=C/C(=O)NN)CC1. The fourth-order valence-corrected chi connectivity index (χ4v) is 1.87. The number of hydrogen-bond acceptors (Lipinski definition) is 4. The van der Waals surface area contributed by atoms with Gasteiger partial charge in [0.1, 0.15) is 5.60 Å². The number of nitrogens with one attached hydrogen (secondary N) is 1. The van der Waals surface area contributed by atoms with E-state index in [1.807, 2.05) is 32.3 Å². The van der Waals surface area contributed by atoms with Crippen molar-refractivity contribution in [1.29, 1.82) is 0 Å². The van der Waals surface area contributed by atoms with Crippen LogP contribution in [0.15, 0.2) is 12.2 Å². The van der Waals surface area contributed by atoms with Gasteiger partial charge in [-0.3, -0.25) is 10.2 Å². The highest BCUT2D eigenvalue weighted by Crippen LogP contribution is 2.20. The first-order valence-electron chi connectivity index (χ1n) is 6.48. The molecule has 1 aliphatic heterocycles. The monoisotopic (exact) mass is 269 g/mol. The number of carbonyl (C=O) groups excluding carboxylic acids is 2. The number of piperidine rings is 1. The van der Waals surface area contributed by atoms with Crippen LogP contribution < -0.4 is 11.3 Å². The first-order chi connectivity index (χ1) is 8.81. The maximum atomic E-state index is 11.8. The maximum absolute atomic E-state index is 11.8. The van der Waals surface area contributed by atoms with Gasteiger partial charge in [0.15, 0.2) is 0 Å². The number of hydrazine groups is 1. The van der Waals surface area contributed by atoms with Crippen LogP contribution in [0.2, 0.25) is 0 Å². The predicted octanol–water partition coefficient (Wildman–Crippen LogP) is 1.18. The van der Waals surface area contributed by atoms with Gasteiger partial charge in [0.2, 0.25) is 0 Å². The van der Waals surface area contributed by atoms with E-state index >= 15 is 0 Å². The Morgan fingerprint density at radius 2 is 1.89 bits per heavy atom. The quantitative estimate of drug-likeness (QED) is 0.341. The number of ether oxygens (including phenoxy) is 1. The molecule has 0 atom stereocenters. The molecular weight excluding hydrogens is 246 g/mol. The van der Waals surface area contributed by atoms with Crippen LogP contribution in [-0.2, 0) is 9.53 Å². The molecule has 0 aromatic heterocycles. The molecule has 0 bridgehead atoms. The smallest absolute Gasteiger partial charge is 0.410 e. The molecule has 0 aromatic carbocycles. The molecule has 0 saturated carbocycles. The van der Waals surface area contributed by atoms with Crippen molar-refractivity contribution in [1.82, 2.24) is 10.3 Å². The Morgan fingerprint density at radius 1 is 1.32 bits per heavy atom. The lowest BCUT2D eigenvalue weighted by Crippen LogP contribution is -2.41. The average Bonchev–Trinajstić information content (AvgIpc) is 2.34. The minimum atomic E-state index is -0.465. The summed E-state index contributed by atoms with van der Waals surface area (Å²) in [6.07, 6.45) is 4.67. The summed E-state index contributed by atoms with van der Waals surface area (Å²) < 4.78 is 5.32. The number of carbonyl (C=O) groups is 2. The van der Waals surface area contributed by atoms with Crippen molar-refractivity contribution in [2.75, 3.05) is 13.1 Å². The van der Waals surface area contributed by atoms with E-state index in [0.717, 1.165) is 12.8 Å². The van der Waals surface area contributed by atoms with Gasteiger partial charge >= 0.3 is 6.09 Å². The zero-order valence-corrected chi connectivity index (χ0v) is 11.8. The van der Waals surface area contributed by atoms with Crippen molar-refractivity contribution in [3.63, 3.8) is 0 Å². The fourth-order valence-electron chi connectivity index (χ4n) is 1.87. The topological polar surface area (TPSA) is 84.7 Å². The summed E-state index contributed by atoms with van der Waals surface area (Å²) in [5.74, 6) is 4.98. The van der Waals surface area contributed by atoms with Crippen LogP contribution in [0, 0.1) is 5.92 Å². The summed E-state index contributed by atoms with van der Waals surface area (Å²) in [7, 11) is 0. The lowest BCUT2D eigenvalue weighted by Gasteiger charge is -2.32. The molecule has 1 fully saturated rings. The van der Waals surface area contributed by atoms with Gasteiger partial charge in [-0.2, -0.15) is 0 Å². The minimum Gasteiger partial charge on any atom is -0.444 e. The highest BCUT2D eigenvalue weighted by Gasteiger charge is 2.25. The molecule has 0 aliphatic carbocycles. The van der Waals surface area contributed by atoms with E-state index in [4.69, 9.17) is 10.6 Å². The van der Waals surface area contributed by atoms with E-state index in [9.17, 15) is 9.59 Å². The zero-order chi connectivity index (χ0) is 14.5. The number of rotatable bonds is 2. The molecule has 1 aliphatic rings. The van der Waals surface area contributed by atoms with Crippen molar-refractivity contribution in [2.45, 2.75) is 39.2 Å². The summed E-state index contributed by atoms with van der Waals surface area (Å²) >= 11 is 0. The normalized spacial score (nSPS) is 17.6. The van der Waals surface area contributed by atoms with E-state index in [1.54, 1.807) is 4.90 Å². The van der Waals surface area contributed by atoms with Crippen LogP contribution in [0.25, 0.3) is 0 Å². The van der Waals surface area contributed by atoms with Gasteiger partial charge in [0.05, 0.1) is 0 Å². The fraction of sp³-hybridized carbons (Fsp3) is 0.692. The van der Waals surface area contributed by atoms with Gasteiger partial charge in [0, 0.05) is 19.2 Å². The van der Waals surface area contributed by atoms with E-state index < -0.39 is 5.60 Å². The van der Waals surface area contributed by atoms with Crippen molar-refractivity contribution in [3.8, 4) is 0 Å². The standard InChI is InChI=1S/C13H23N3O3/c1-13(2,3)19-12(18)16-8-6-10(7-9-16)4-5-11(17)15-14/h4-5,10H,6-9,14H2,1-3H3,(H,15,17)/b5-4+. The first kappa shape index (κ1) is 15.5. The van der Waals surface area contributed by atoms with Crippen LogP contribution in [0.4, 0.5) is 4.79 Å². The number of likely N-dealkylation sites (tertiary alicyclic amines) is 1. The van der Waals surface area contributed by atoms with Crippen LogP contribution in [0.5, 0.6) is 0 Å².